The smallest absolute Gasteiger partial charge is 0.356 e. The zero-order valence-corrected chi connectivity index (χ0v) is 65.6. The van der Waals surface area contributed by atoms with Gasteiger partial charge in [-0.05, 0) is 146 Å². The quantitative estimate of drug-likeness (QED) is 0.0198. The van der Waals surface area contributed by atoms with Crippen LogP contribution in [0.5, 0.6) is 28.7 Å². The number of nitrogens with two attached hydrogens (primary N) is 7. The van der Waals surface area contributed by atoms with E-state index >= 15 is 0 Å². The van der Waals surface area contributed by atoms with Crippen molar-refractivity contribution in [3.63, 3.8) is 0 Å². The van der Waals surface area contributed by atoms with Crippen LogP contribution in [0.3, 0.4) is 0 Å². The highest BCUT2D eigenvalue weighted by atomic mass is 35.5. The fraction of sp³-hybridized carbons (Fsp3) is 0.388. The Morgan fingerprint density at radius 3 is 1.28 bits per heavy atom. The normalized spacial score (nSPS) is 13.6. The molecule has 1 saturated heterocycles. The van der Waals surface area contributed by atoms with Crippen LogP contribution in [0, 0.1) is 22.0 Å². The minimum atomic E-state index is -2.00. The number of hydrogen-bond donors (Lipinski definition) is 21. The number of aromatic amines is 1. The molecule has 6 aromatic rings. The number of nitro groups is 1. The second kappa shape index (κ2) is 56.5. The molecular weight excluding hydrogens is 1570 g/mol. The van der Waals surface area contributed by atoms with Crippen molar-refractivity contribution in [1.29, 1.82) is 0 Å². The van der Waals surface area contributed by atoms with Crippen molar-refractivity contribution in [2.75, 3.05) is 20.2 Å². The molecule has 2 aliphatic rings. The van der Waals surface area contributed by atoms with Crippen LogP contribution in [0.15, 0.2) is 109 Å². The maximum atomic E-state index is 10.6. The van der Waals surface area contributed by atoms with Crippen molar-refractivity contribution in [2.45, 2.75) is 132 Å². The van der Waals surface area contributed by atoms with Gasteiger partial charge in [-0.25, -0.2) is 9.59 Å². The molecule has 612 valence electrons. The van der Waals surface area contributed by atoms with Crippen molar-refractivity contribution in [2.24, 2.45) is 52.0 Å². The fourth-order valence-electron chi connectivity index (χ4n) is 9.67. The number of hydrogen-bond acceptors (Lipinski definition) is 24. The van der Waals surface area contributed by atoms with E-state index in [9.17, 15) is 63.5 Å². The Kier molecular flexibility index (Phi) is 56.5. The number of aliphatic carboxylic acids is 9. The van der Waals surface area contributed by atoms with E-state index in [4.69, 9.17) is 112 Å². The van der Waals surface area contributed by atoms with E-state index in [1.807, 2.05) is 0 Å². The number of aromatic nitrogens is 1. The molecular formula is C67H101ClN10O25S6. The number of nitro benzene ring substituents is 1. The summed E-state index contributed by atoms with van der Waals surface area (Å²) < 4.78 is 9.69. The first-order chi connectivity index (χ1) is 48.3. The summed E-state index contributed by atoms with van der Waals surface area (Å²) >= 11 is 5.77. The maximum Gasteiger partial charge on any atom is 0.356 e. The second-order valence-corrected chi connectivity index (χ2v) is 23.9. The number of carboxylic acid groups (broad SMARTS) is 9. The zero-order valence-electron chi connectivity index (χ0n) is 58.8. The largest absolute Gasteiger partial charge is 0.508 e. The average molecular weight is 1670 g/mol. The van der Waals surface area contributed by atoms with Gasteiger partial charge in [0.2, 0.25) is 0 Å². The van der Waals surface area contributed by atoms with Gasteiger partial charge in [0.1, 0.15) is 59.5 Å². The lowest BCUT2D eigenvalue weighted by Crippen LogP contribution is -2.36. The summed E-state index contributed by atoms with van der Waals surface area (Å²) in [7, 11) is 1.43. The van der Waals surface area contributed by atoms with Crippen LogP contribution in [-0.4, -0.2) is 194 Å². The number of nitrogens with one attached hydrogen (secondary N) is 2. The van der Waals surface area contributed by atoms with Crippen molar-refractivity contribution in [3.8, 4) is 28.7 Å². The number of para-hydroxylation sites is 1. The lowest BCUT2D eigenvalue weighted by atomic mass is 9.91. The number of H-pyrrole nitrogens is 1. The summed E-state index contributed by atoms with van der Waals surface area (Å²) in [4.78, 5) is 108. The summed E-state index contributed by atoms with van der Waals surface area (Å²) in [6.45, 7) is 1.99. The van der Waals surface area contributed by atoms with Crippen LogP contribution in [0.25, 0.3) is 10.9 Å². The Labute approximate surface area is 673 Å². The molecule has 7 atom stereocenters. The number of piperidine rings is 1. The number of fused-ring (bicyclic) bond motifs is 1. The number of methoxy groups -OCH3 is 1. The molecule has 1 aliphatic heterocycles. The van der Waals surface area contributed by atoms with Gasteiger partial charge >= 0.3 is 53.7 Å². The minimum Gasteiger partial charge on any atom is -0.508 e. The lowest BCUT2D eigenvalue weighted by Gasteiger charge is -2.23. The van der Waals surface area contributed by atoms with E-state index in [0.717, 1.165) is 42.4 Å². The summed E-state index contributed by atoms with van der Waals surface area (Å²) in [5.74, 6) is -8.85. The summed E-state index contributed by atoms with van der Waals surface area (Å²) in [5.41, 5.74) is 41.6. The van der Waals surface area contributed by atoms with Crippen LogP contribution in [0.4, 0.5) is 5.69 Å². The number of halogens is 1. The fourth-order valence-corrected chi connectivity index (χ4v) is 9.93. The molecule has 0 radical (unpaired) electrons. The minimum absolute atomic E-state index is 0. The van der Waals surface area contributed by atoms with Gasteiger partial charge in [0.15, 0.2) is 11.5 Å². The Balaban J connectivity index is -0.000000385. The highest BCUT2D eigenvalue weighted by molar-refractivity contribution is 7.60. The summed E-state index contributed by atoms with van der Waals surface area (Å²) in [6.07, 6.45) is 8.65. The standard InChI is InChI=1S/C12H13NO7.C11H12N2O3.C10H13NO4.C9H10ClNO3.C9H10N2O4.C8H16N2O2.C8H15NO2.6H2S/c13-8(10(14)15)5-6-1-3-7(4-2-6)20-9(11(16)17)12(18)19;12-9(11(15)16)3-6-5-13-10-2-1-7(14)4-8(6)10;1-15-8-4-2-3-6(9(8)12)5-7(11)10(13)14;10-7-4-6(12)2-1-5(7)3-8(11)9(13)14;10-8(9(12)13)5-6-1-3-7(4-2-6)11(14)15;9-7(8(11)12)5-6-1-3-10-4-2-6;9-7(8(10)11)5-6-3-1-2-4-6;;;;;;/h1-4,8-9H,5,13H2,(H,14,15)(H,16,17)(H,18,19);1-2,4-5,9,13-14H,3,12H2,(H,15,16);2-4,7,12H,5,11H2,1H3,(H,13,14);1-2,4,8,12H,3,11H2,(H,13,14);1-4,8H,5,10H2,(H,12,13);6-7,10H,1-5,9H2,(H,11,12);6-7H,1-5,9H2,(H,10,11);6*1H2/t8-;;;2*8-;2*7-;;;;;;/m0..0000....../s1. The second-order valence-electron chi connectivity index (χ2n) is 23.5. The van der Waals surface area contributed by atoms with Crippen LogP contribution in [-0.2, 0) is 75.3 Å². The van der Waals surface area contributed by atoms with Crippen molar-refractivity contribution in [3.05, 3.63) is 152 Å². The van der Waals surface area contributed by atoms with Crippen LogP contribution >= 0.6 is 92.6 Å². The average Bonchev–Trinajstić information content (AvgIpc) is 1.64. The van der Waals surface area contributed by atoms with Gasteiger partial charge in [-0.3, -0.25) is 43.7 Å². The summed E-state index contributed by atoms with van der Waals surface area (Å²) in [6, 6.07) is 19.2. The van der Waals surface area contributed by atoms with Gasteiger partial charge in [-0.1, -0.05) is 79.7 Å². The number of benzene rings is 5. The first kappa shape index (κ1) is 109. The number of carbonyl (C=O) groups is 9. The number of aromatic hydroxyl groups is 3. The third kappa shape index (κ3) is 42.2. The van der Waals surface area contributed by atoms with Crippen LogP contribution in [0.2, 0.25) is 5.02 Å². The van der Waals surface area contributed by atoms with E-state index in [2.05, 4.69) is 10.3 Å². The van der Waals surface area contributed by atoms with Gasteiger partial charge < -0.3 is 121 Å². The molecule has 1 aliphatic carbocycles. The third-order valence-electron chi connectivity index (χ3n) is 15.4. The Hall–Kier alpha value is -8.66. The zero-order chi connectivity index (χ0) is 77.8. The topological polar surface area (TPSA) is 668 Å². The number of ether oxygens (including phenoxy) is 2. The number of phenols is 3. The van der Waals surface area contributed by atoms with E-state index in [1.54, 1.807) is 48.7 Å². The molecule has 42 heteroatoms. The molecule has 0 bridgehead atoms. The predicted molar refractivity (Wildman–Crippen MR) is 434 cm³/mol. The van der Waals surface area contributed by atoms with Crippen molar-refractivity contribution in [1.82, 2.24) is 10.3 Å². The predicted octanol–water partition coefficient (Wildman–Crippen LogP) is 3.73. The third-order valence-corrected chi connectivity index (χ3v) is 15.8. The highest BCUT2D eigenvalue weighted by Gasteiger charge is 2.29. The van der Waals surface area contributed by atoms with Crippen molar-refractivity contribution >= 4 is 163 Å². The molecule has 0 spiro atoms. The van der Waals surface area contributed by atoms with Gasteiger partial charge in [-0.2, -0.15) is 81.0 Å². The van der Waals surface area contributed by atoms with Gasteiger partial charge in [0.25, 0.3) is 11.8 Å². The molecule has 109 heavy (non-hydrogen) atoms. The number of nitrogens with zero attached hydrogens (tertiary/aromatic N) is 1. The number of phenolic OH excluding ortho intramolecular Hbond substituents is 3. The maximum absolute atomic E-state index is 10.6. The Bertz CT molecular complexity index is 3760. The number of non-ortho nitro benzene ring substituents is 1. The first-order valence-electron chi connectivity index (χ1n) is 31.5. The van der Waals surface area contributed by atoms with Gasteiger partial charge in [0.05, 0.1) is 12.0 Å². The molecule has 8 rings (SSSR count). The molecule has 35 nitrogen and oxygen atoms in total. The van der Waals surface area contributed by atoms with E-state index < -0.39 is 107 Å². The monoisotopic (exact) mass is 1670 g/mol. The van der Waals surface area contributed by atoms with E-state index in [1.165, 1.54) is 93.5 Å². The van der Waals surface area contributed by atoms with Crippen LogP contribution in [0.1, 0.15) is 79.2 Å². The number of carboxylic acids is 9. The summed E-state index contributed by atoms with van der Waals surface area (Å²) in [5, 5.41) is 120. The molecule has 28 N–H and O–H groups in total. The Morgan fingerprint density at radius 2 is 0.872 bits per heavy atom. The molecule has 2 unspecified atom stereocenters. The molecule has 0 amide bonds. The van der Waals surface area contributed by atoms with Crippen molar-refractivity contribution < 1.29 is 119 Å². The lowest BCUT2D eigenvalue weighted by molar-refractivity contribution is -0.384. The van der Waals surface area contributed by atoms with E-state index in [0.29, 0.717) is 57.7 Å². The SMILES string of the molecule is COc1cccc(CC(N)C(=O)O)c1O.NC(Cc1c[nH]c2ccc(O)cc12)C(=O)O.N[C@@H](CC1CCCC1)C(=O)O.N[C@@H](CC1CCNCC1)C(=O)O.N[C@@H](Cc1ccc(O)cc1Cl)C(=O)O.N[C@@H](Cc1ccc(OC(C(=O)O)C(=O)O)cc1)C(=O)O.N[C@@H](Cc1ccc([N+](=O)[O-])cc1)C(=O)O.S.S.S.S.S.S. The number of rotatable bonds is 27. The first-order valence-corrected chi connectivity index (χ1v) is 31.9. The Morgan fingerprint density at radius 1 is 0.486 bits per heavy atom. The highest BCUT2D eigenvalue weighted by Crippen LogP contribution is 2.31. The molecule has 1 aromatic heterocycles. The molecule has 1 saturated carbocycles. The van der Waals surface area contributed by atoms with Crippen LogP contribution < -0.4 is 54.9 Å². The van der Waals surface area contributed by atoms with E-state index in [-0.39, 0.29) is 142 Å². The molecule has 2 heterocycles. The molecule has 2 fully saturated rings. The van der Waals surface area contributed by atoms with Gasteiger partial charge in [0, 0.05) is 47.1 Å². The van der Waals surface area contributed by atoms with Gasteiger partial charge in [-0.15, -0.1) is 0 Å². The molecule has 5 aromatic carbocycles.